The van der Waals surface area contributed by atoms with Crippen LogP contribution in [0.5, 0.6) is 0 Å². The van der Waals surface area contributed by atoms with E-state index in [1.54, 1.807) is 17.0 Å². The molecule has 1 unspecified atom stereocenters. The van der Waals surface area contributed by atoms with Gasteiger partial charge in [0.15, 0.2) is 0 Å². The lowest BCUT2D eigenvalue weighted by atomic mass is 9.94. The maximum atomic E-state index is 13.6. The minimum absolute atomic E-state index is 0.226. The molecule has 0 aliphatic carbocycles. The molecule has 1 aliphatic heterocycles. The summed E-state index contributed by atoms with van der Waals surface area (Å²) >= 11 is 0. The average molecular weight is 483 g/mol. The SMILES string of the molecule is CCc1ccc(-c2noc(C3=C(C)N(CCc4ccccc4)C(=O)NC3c3ccc(F)cc3)n2)cc1. The highest BCUT2D eigenvalue weighted by atomic mass is 19.1. The maximum absolute atomic E-state index is 13.6. The normalized spacial score (nSPS) is 15.8. The number of urea groups is 1. The number of halogens is 1. The fraction of sp³-hybridized carbons (Fsp3) is 0.207. The molecule has 1 aromatic heterocycles. The number of allylic oxidation sites excluding steroid dienone is 1. The third-order valence-corrected chi connectivity index (χ3v) is 6.54. The lowest BCUT2D eigenvalue weighted by Crippen LogP contribution is -2.46. The summed E-state index contributed by atoms with van der Waals surface area (Å²) < 4.78 is 19.4. The first kappa shape index (κ1) is 23.5. The summed E-state index contributed by atoms with van der Waals surface area (Å²) in [6, 6.07) is 23.4. The highest BCUT2D eigenvalue weighted by Gasteiger charge is 2.35. The topological polar surface area (TPSA) is 71.3 Å². The van der Waals surface area contributed by atoms with E-state index in [9.17, 15) is 9.18 Å². The van der Waals surface area contributed by atoms with Crippen LogP contribution in [0.2, 0.25) is 0 Å². The number of nitrogens with zero attached hydrogens (tertiary/aromatic N) is 3. The number of benzene rings is 3. The van der Waals surface area contributed by atoms with Gasteiger partial charge in [-0.05, 0) is 48.6 Å². The van der Waals surface area contributed by atoms with Crippen molar-refractivity contribution in [2.24, 2.45) is 0 Å². The van der Waals surface area contributed by atoms with Crippen molar-refractivity contribution < 1.29 is 13.7 Å². The zero-order valence-electron chi connectivity index (χ0n) is 20.2. The molecule has 36 heavy (non-hydrogen) atoms. The number of hydrogen-bond donors (Lipinski definition) is 1. The zero-order valence-corrected chi connectivity index (χ0v) is 20.2. The second kappa shape index (κ2) is 10.2. The molecule has 5 rings (SSSR count). The fourth-order valence-electron chi connectivity index (χ4n) is 4.46. The number of aryl methyl sites for hydroxylation is 1. The Morgan fingerprint density at radius 3 is 2.39 bits per heavy atom. The van der Waals surface area contributed by atoms with Crippen molar-refractivity contribution in [3.8, 4) is 11.4 Å². The van der Waals surface area contributed by atoms with Crippen molar-refractivity contribution in [2.45, 2.75) is 32.7 Å². The second-order valence-corrected chi connectivity index (χ2v) is 8.79. The molecule has 2 heterocycles. The molecular weight excluding hydrogens is 455 g/mol. The molecule has 1 aliphatic rings. The molecule has 182 valence electrons. The predicted octanol–water partition coefficient (Wildman–Crippen LogP) is 6.18. The van der Waals surface area contributed by atoms with Crippen LogP contribution in [0.3, 0.4) is 0 Å². The molecule has 0 saturated carbocycles. The zero-order chi connectivity index (χ0) is 25.1. The van der Waals surface area contributed by atoms with Crippen LogP contribution in [-0.2, 0) is 12.8 Å². The summed E-state index contributed by atoms with van der Waals surface area (Å²) in [7, 11) is 0. The third kappa shape index (κ3) is 4.77. The van der Waals surface area contributed by atoms with Gasteiger partial charge in [-0.15, -0.1) is 0 Å². The Bertz CT molecular complexity index is 1380. The van der Waals surface area contributed by atoms with Gasteiger partial charge in [0.2, 0.25) is 5.82 Å². The van der Waals surface area contributed by atoms with Crippen molar-refractivity contribution in [1.82, 2.24) is 20.4 Å². The van der Waals surface area contributed by atoms with Gasteiger partial charge in [0.25, 0.3) is 5.89 Å². The first-order chi connectivity index (χ1) is 17.5. The smallest absolute Gasteiger partial charge is 0.322 e. The standard InChI is InChI=1S/C29H27FN4O2/c1-3-20-9-11-23(12-10-20)27-32-28(36-33-27)25-19(2)34(18-17-21-7-5-4-6-8-21)29(35)31-26(25)22-13-15-24(30)16-14-22/h4-16,26H,3,17-18H2,1-2H3,(H,31,35). The van der Waals surface area contributed by atoms with E-state index in [0.29, 0.717) is 30.3 Å². The number of hydrogen-bond acceptors (Lipinski definition) is 4. The Hall–Kier alpha value is -4.26. The van der Waals surface area contributed by atoms with E-state index in [1.165, 1.54) is 17.7 Å². The van der Waals surface area contributed by atoms with Crippen molar-refractivity contribution >= 4 is 11.6 Å². The lowest BCUT2D eigenvalue weighted by Gasteiger charge is -2.35. The fourth-order valence-corrected chi connectivity index (χ4v) is 4.46. The maximum Gasteiger partial charge on any atom is 0.322 e. The molecule has 0 fully saturated rings. The van der Waals surface area contributed by atoms with Crippen LogP contribution >= 0.6 is 0 Å². The van der Waals surface area contributed by atoms with Gasteiger partial charge in [-0.2, -0.15) is 4.98 Å². The van der Waals surface area contributed by atoms with E-state index < -0.39 is 6.04 Å². The summed E-state index contributed by atoms with van der Waals surface area (Å²) in [5.41, 5.74) is 5.35. The highest BCUT2D eigenvalue weighted by Crippen LogP contribution is 2.37. The Labute approximate surface area is 209 Å². The molecule has 0 bridgehead atoms. The van der Waals surface area contributed by atoms with E-state index in [0.717, 1.165) is 28.8 Å². The van der Waals surface area contributed by atoms with Crippen LogP contribution in [0, 0.1) is 5.82 Å². The molecule has 0 radical (unpaired) electrons. The predicted molar refractivity (Wildman–Crippen MR) is 136 cm³/mol. The van der Waals surface area contributed by atoms with E-state index in [4.69, 9.17) is 9.51 Å². The number of rotatable bonds is 7. The molecule has 4 aromatic rings. The number of carbonyl (C=O) groups is 1. The lowest BCUT2D eigenvalue weighted by molar-refractivity contribution is 0.205. The van der Waals surface area contributed by atoms with Crippen molar-refractivity contribution in [1.29, 1.82) is 0 Å². The van der Waals surface area contributed by atoms with Crippen LogP contribution in [0.15, 0.2) is 89.1 Å². The monoisotopic (exact) mass is 482 g/mol. The number of aromatic nitrogens is 2. The van der Waals surface area contributed by atoms with Gasteiger partial charge < -0.3 is 9.84 Å². The summed E-state index contributed by atoms with van der Waals surface area (Å²) in [5, 5.41) is 7.28. The molecule has 1 atom stereocenters. The van der Waals surface area contributed by atoms with Gasteiger partial charge in [-0.1, -0.05) is 78.8 Å². The van der Waals surface area contributed by atoms with Crippen molar-refractivity contribution in [3.05, 3.63) is 113 Å². The van der Waals surface area contributed by atoms with E-state index in [2.05, 4.69) is 17.4 Å². The third-order valence-electron chi connectivity index (χ3n) is 6.54. The molecule has 3 aromatic carbocycles. The summed E-state index contributed by atoms with van der Waals surface area (Å²) in [6.07, 6.45) is 1.64. The van der Waals surface area contributed by atoms with Gasteiger partial charge in [-0.25, -0.2) is 9.18 Å². The van der Waals surface area contributed by atoms with Gasteiger partial charge in [0, 0.05) is 17.8 Å². The number of carbonyl (C=O) groups excluding carboxylic acids is 1. The van der Waals surface area contributed by atoms with Crippen molar-refractivity contribution in [2.75, 3.05) is 6.54 Å². The molecule has 0 spiro atoms. The van der Waals surface area contributed by atoms with Gasteiger partial charge >= 0.3 is 6.03 Å². The van der Waals surface area contributed by atoms with E-state index >= 15 is 0 Å². The van der Waals surface area contributed by atoms with Crippen LogP contribution < -0.4 is 5.32 Å². The second-order valence-electron chi connectivity index (χ2n) is 8.79. The average Bonchev–Trinajstić information content (AvgIpc) is 3.39. The van der Waals surface area contributed by atoms with E-state index in [1.807, 2.05) is 61.5 Å². The van der Waals surface area contributed by atoms with Crippen LogP contribution in [-0.4, -0.2) is 27.6 Å². The molecule has 1 N–H and O–H groups in total. The Morgan fingerprint density at radius 1 is 0.972 bits per heavy atom. The first-order valence-corrected chi connectivity index (χ1v) is 12.0. The Kier molecular flexibility index (Phi) is 6.62. The van der Waals surface area contributed by atoms with Gasteiger partial charge in [-0.3, -0.25) is 4.90 Å². The summed E-state index contributed by atoms with van der Waals surface area (Å²) in [5.74, 6) is 0.447. The summed E-state index contributed by atoms with van der Waals surface area (Å²) in [4.78, 5) is 19.6. The molecule has 2 amide bonds. The summed E-state index contributed by atoms with van der Waals surface area (Å²) in [6.45, 7) is 4.48. The van der Waals surface area contributed by atoms with Gasteiger partial charge in [0.05, 0.1) is 11.6 Å². The van der Waals surface area contributed by atoms with E-state index in [-0.39, 0.29) is 11.8 Å². The molecule has 7 heteroatoms. The van der Waals surface area contributed by atoms with Crippen molar-refractivity contribution in [3.63, 3.8) is 0 Å². The quantitative estimate of drug-likeness (QED) is 0.342. The van der Waals surface area contributed by atoms with Crippen LogP contribution in [0.4, 0.5) is 9.18 Å². The molecular formula is C29H27FN4O2. The van der Waals surface area contributed by atoms with Crippen LogP contribution in [0.1, 0.15) is 42.5 Å². The van der Waals surface area contributed by atoms with Gasteiger partial charge in [0.1, 0.15) is 5.82 Å². The largest absolute Gasteiger partial charge is 0.334 e. The Balaban J connectivity index is 1.53. The number of nitrogens with one attached hydrogen (secondary N) is 1. The Morgan fingerprint density at radius 2 is 1.69 bits per heavy atom. The molecule has 6 nitrogen and oxygen atoms in total. The number of amides is 2. The first-order valence-electron chi connectivity index (χ1n) is 12.0. The minimum Gasteiger partial charge on any atom is -0.334 e. The minimum atomic E-state index is -0.554. The van der Waals surface area contributed by atoms with Crippen LogP contribution in [0.25, 0.3) is 17.0 Å². The highest BCUT2D eigenvalue weighted by molar-refractivity contribution is 5.86. The molecule has 0 saturated heterocycles.